The highest BCUT2D eigenvalue weighted by Gasteiger charge is 2.37. The van der Waals surface area contributed by atoms with Gasteiger partial charge in [-0.05, 0) is 58.2 Å². The zero-order valence-corrected chi connectivity index (χ0v) is 23.5. The number of carbonyl (C=O) groups excluding carboxylic acids is 3. The Kier molecular flexibility index (Phi) is 9.33. The lowest BCUT2D eigenvalue weighted by atomic mass is 9.96. The molecule has 0 aliphatic heterocycles. The summed E-state index contributed by atoms with van der Waals surface area (Å²) in [6, 6.07) is 13.2. The first-order valence-corrected chi connectivity index (χ1v) is 13.0. The van der Waals surface area contributed by atoms with Gasteiger partial charge in [-0.25, -0.2) is 0 Å². The second-order valence-electron chi connectivity index (χ2n) is 10.0. The molecule has 0 radical (unpaired) electrons. The first-order chi connectivity index (χ1) is 17.9. The van der Waals surface area contributed by atoms with Crippen LogP contribution in [-0.4, -0.2) is 28.4 Å². The third kappa shape index (κ3) is 7.01. The number of hydrogen-bond acceptors (Lipinski definition) is 5. The van der Waals surface area contributed by atoms with Gasteiger partial charge in [0.2, 0.25) is 17.7 Å². The number of nitrogens with zero attached hydrogens (tertiary/aromatic N) is 2. The Bertz CT molecular complexity index is 1300. The number of benzene rings is 2. The number of nitrogens with one attached hydrogen (secondary N) is 2. The van der Waals surface area contributed by atoms with E-state index < -0.39 is 11.6 Å². The molecule has 0 unspecified atom stereocenters. The highest BCUT2D eigenvalue weighted by Crippen LogP contribution is 2.36. The Labute approximate surface area is 228 Å². The molecule has 0 fully saturated rings. The molecule has 8 nitrogen and oxygen atoms in total. The molecule has 0 saturated heterocycles. The molecule has 0 spiro atoms. The maximum absolute atomic E-state index is 14.0. The Balaban J connectivity index is 2.04. The summed E-state index contributed by atoms with van der Waals surface area (Å²) in [6.45, 7) is 11.3. The number of hydrogen-bond donors (Lipinski definition) is 2. The van der Waals surface area contributed by atoms with Crippen molar-refractivity contribution in [1.82, 2.24) is 10.5 Å². The number of amides is 3. The van der Waals surface area contributed by atoms with Crippen LogP contribution in [-0.2, 0) is 14.4 Å². The molecule has 3 amide bonds. The number of halogens is 1. The zero-order valence-electron chi connectivity index (χ0n) is 22.7. The van der Waals surface area contributed by atoms with Gasteiger partial charge in [0.05, 0.1) is 5.69 Å². The number of aryl methyl sites for hydroxylation is 3. The van der Waals surface area contributed by atoms with Crippen LogP contribution < -0.4 is 15.5 Å². The Morgan fingerprint density at radius 1 is 1.03 bits per heavy atom. The molecule has 202 valence electrons. The third-order valence-electron chi connectivity index (χ3n) is 6.46. The molecule has 3 rings (SSSR count). The molecule has 3 aromatic rings. The summed E-state index contributed by atoms with van der Waals surface area (Å²) in [6.07, 6.45) is 0.443. The van der Waals surface area contributed by atoms with Gasteiger partial charge in [0.15, 0.2) is 5.82 Å². The number of carbonyl (C=O) groups is 3. The molecular weight excluding hydrogens is 504 g/mol. The van der Waals surface area contributed by atoms with E-state index in [1.165, 1.54) is 4.90 Å². The Morgan fingerprint density at radius 3 is 2.26 bits per heavy atom. The largest absolute Gasteiger partial charge is 0.360 e. The van der Waals surface area contributed by atoms with Crippen molar-refractivity contribution in [1.29, 1.82) is 0 Å². The Morgan fingerprint density at radius 2 is 1.68 bits per heavy atom. The highest BCUT2D eigenvalue weighted by molar-refractivity contribution is 6.31. The standard InChI is InChI=1S/C29H35ClN4O4/c1-7-29(5,6)32-28(37)27(21-13-8-9-14-22(21)30)34(26-18(2)11-10-12-19(26)3)25(36)16-15-24(35)31-23-17-20(4)38-33-23/h8-14,17,27H,7,15-16H2,1-6H3,(H,32,37)(H,31,33,35)/t27-/m1/s1. The number of anilines is 2. The maximum atomic E-state index is 14.0. The number of rotatable bonds is 10. The van der Waals surface area contributed by atoms with Gasteiger partial charge >= 0.3 is 0 Å². The second-order valence-corrected chi connectivity index (χ2v) is 10.4. The van der Waals surface area contributed by atoms with Crippen LogP contribution in [0.15, 0.2) is 53.1 Å². The summed E-state index contributed by atoms with van der Waals surface area (Å²) < 4.78 is 4.98. The van der Waals surface area contributed by atoms with Crippen LogP contribution in [0.2, 0.25) is 5.02 Å². The summed E-state index contributed by atoms with van der Waals surface area (Å²) in [5.41, 5.74) is 2.24. The fourth-order valence-electron chi connectivity index (χ4n) is 4.14. The molecular formula is C29H35ClN4O4. The van der Waals surface area contributed by atoms with Gasteiger partial charge in [0.1, 0.15) is 11.8 Å². The van der Waals surface area contributed by atoms with Crippen LogP contribution in [0.5, 0.6) is 0 Å². The van der Waals surface area contributed by atoms with Crippen LogP contribution in [0.25, 0.3) is 0 Å². The molecule has 9 heteroatoms. The normalized spacial score (nSPS) is 12.1. The Hall–Kier alpha value is -3.65. The van der Waals surface area contributed by atoms with Crippen molar-refractivity contribution in [3.63, 3.8) is 0 Å². The average Bonchev–Trinajstić information content (AvgIpc) is 3.26. The van der Waals surface area contributed by atoms with E-state index in [0.29, 0.717) is 28.5 Å². The van der Waals surface area contributed by atoms with Crippen LogP contribution in [0, 0.1) is 20.8 Å². The quantitative estimate of drug-likeness (QED) is 0.327. The molecule has 0 aliphatic rings. The van der Waals surface area contributed by atoms with Crippen molar-refractivity contribution < 1.29 is 18.9 Å². The minimum atomic E-state index is -1.05. The summed E-state index contributed by atoms with van der Waals surface area (Å²) >= 11 is 6.61. The van der Waals surface area contributed by atoms with E-state index in [1.54, 1.807) is 37.3 Å². The number of aromatic nitrogens is 1. The summed E-state index contributed by atoms with van der Waals surface area (Å²) in [5, 5.41) is 9.85. The van der Waals surface area contributed by atoms with Crippen molar-refractivity contribution in [2.24, 2.45) is 0 Å². The molecule has 0 bridgehead atoms. The smallest absolute Gasteiger partial charge is 0.248 e. The van der Waals surface area contributed by atoms with Gasteiger partial charge in [0, 0.05) is 35.0 Å². The average molecular weight is 539 g/mol. The molecule has 38 heavy (non-hydrogen) atoms. The lowest BCUT2D eigenvalue weighted by Crippen LogP contribution is -2.51. The van der Waals surface area contributed by atoms with Gasteiger partial charge in [-0.1, -0.05) is 60.1 Å². The van der Waals surface area contributed by atoms with Gasteiger partial charge in [0.25, 0.3) is 0 Å². The van der Waals surface area contributed by atoms with E-state index in [0.717, 1.165) is 11.1 Å². The summed E-state index contributed by atoms with van der Waals surface area (Å²) in [7, 11) is 0. The van der Waals surface area contributed by atoms with Crippen molar-refractivity contribution >= 4 is 40.8 Å². The van der Waals surface area contributed by atoms with E-state index in [1.807, 2.05) is 52.8 Å². The lowest BCUT2D eigenvalue weighted by Gasteiger charge is -2.36. The first-order valence-electron chi connectivity index (χ1n) is 12.6. The van der Waals surface area contributed by atoms with Gasteiger partial charge < -0.3 is 15.2 Å². The molecule has 2 aromatic carbocycles. The maximum Gasteiger partial charge on any atom is 0.248 e. The van der Waals surface area contributed by atoms with Crippen LogP contribution in [0.1, 0.15) is 68.5 Å². The lowest BCUT2D eigenvalue weighted by molar-refractivity contribution is -0.128. The van der Waals surface area contributed by atoms with E-state index in [9.17, 15) is 14.4 Å². The first kappa shape index (κ1) is 28.9. The third-order valence-corrected chi connectivity index (χ3v) is 6.81. The van der Waals surface area contributed by atoms with Crippen LogP contribution in [0.3, 0.4) is 0 Å². The van der Waals surface area contributed by atoms with Crippen molar-refractivity contribution in [3.05, 3.63) is 76.0 Å². The molecule has 1 heterocycles. The van der Waals surface area contributed by atoms with E-state index >= 15 is 0 Å². The molecule has 1 atom stereocenters. The van der Waals surface area contributed by atoms with Crippen molar-refractivity contribution in [3.8, 4) is 0 Å². The predicted octanol–water partition coefficient (Wildman–Crippen LogP) is 6.05. The fraction of sp³-hybridized carbons (Fsp3) is 0.379. The topological polar surface area (TPSA) is 105 Å². The molecule has 0 aliphatic carbocycles. The summed E-state index contributed by atoms with van der Waals surface area (Å²) in [5.74, 6) is -0.298. The minimum absolute atomic E-state index is 0.108. The zero-order chi connectivity index (χ0) is 28.0. The predicted molar refractivity (Wildman–Crippen MR) is 149 cm³/mol. The van der Waals surface area contributed by atoms with Crippen molar-refractivity contribution in [2.75, 3.05) is 10.2 Å². The van der Waals surface area contributed by atoms with Gasteiger partial charge in [-0.2, -0.15) is 0 Å². The minimum Gasteiger partial charge on any atom is -0.360 e. The monoisotopic (exact) mass is 538 g/mol. The van der Waals surface area contributed by atoms with Gasteiger partial charge in [-0.15, -0.1) is 0 Å². The summed E-state index contributed by atoms with van der Waals surface area (Å²) in [4.78, 5) is 42.0. The van der Waals surface area contributed by atoms with Gasteiger partial charge in [-0.3, -0.25) is 19.3 Å². The van der Waals surface area contributed by atoms with E-state index in [-0.39, 0.29) is 36.4 Å². The SMILES string of the molecule is CCC(C)(C)NC(=O)[C@@H](c1ccccc1Cl)N(C(=O)CCC(=O)Nc1cc(C)on1)c1c(C)cccc1C. The molecule has 0 saturated carbocycles. The fourth-order valence-corrected chi connectivity index (χ4v) is 4.38. The van der Waals surface area contributed by atoms with E-state index in [2.05, 4.69) is 15.8 Å². The van der Waals surface area contributed by atoms with Crippen molar-refractivity contribution in [2.45, 2.75) is 72.4 Å². The highest BCUT2D eigenvalue weighted by atomic mass is 35.5. The van der Waals surface area contributed by atoms with Crippen LogP contribution in [0.4, 0.5) is 11.5 Å². The molecule has 1 aromatic heterocycles. The molecule has 2 N–H and O–H groups in total. The number of para-hydroxylation sites is 1. The second kappa shape index (κ2) is 12.3. The van der Waals surface area contributed by atoms with E-state index in [4.69, 9.17) is 16.1 Å². The van der Waals surface area contributed by atoms with Crippen LogP contribution >= 0.6 is 11.6 Å².